The van der Waals surface area contributed by atoms with Crippen molar-refractivity contribution < 1.29 is 9.53 Å². The predicted octanol–water partition coefficient (Wildman–Crippen LogP) is 7.40. The number of rotatable bonds is 7. The third-order valence-electron chi connectivity index (χ3n) is 6.91. The van der Waals surface area contributed by atoms with Crippen molar-refractivity contribution in [2.45, 2.75) is 118 Å². The summed E-state index contributed by atoms with van der Waals surface area (Å²) in [6, 6.07) is 0. The van der Waals surface area contributed by atoms with Crippen LogP contribution in [0.4, 0.5) is 0 Å². The standard InChI is InChI=1S/C22H40O2.C2H6/c1-5-16(2)6-9-18(4)24-22(23)21-14-12-20(13-15-21)19-10-7-17(3)8-11-19;1-2/h16-21H,5-15H2,1-4H3;1-2H3. The maximum Gasteiger partial charge on any atom is 0.309 e. The first-order chi connectivity index (χ1) is 12.5. The minimum atomic E-state index is 0.0855. The van der Waals surface area contributed by atoms with Crippen LogP contribution >= 0.6 is 0 Å². The fraction of sp³-hybridized carbons (Fsp3) is 0.958. The Morgan fingerprint density at radius 3 is 1.88 bits per heavy atom. The number of ether oxygens (including phenoxy) is 1. The van der Waals surface area contributed by atoms with Gasteiger partial charge in [0, 0.05) is 0 Å². The number of esters is 1. The zero-order valence-corrected chi connectivity index (χ0v) is 18.6. The van der Waals surface area contributed by atoms with Gasteiger partial charge in [-0.25, -0.2) is 0 Å². The molecule has 154 valence electrons. The third kappa shape index (κ3) is 8.01. The number of carbonyl (C=O) groups excluding carboxylic acids is 1. The van der Waals surface area contributed by atoms with Gasteiger partial charge in [-0.15, -0.1) is 0 Å². The molecule has 0 bridgehead atoms. The first kappa shape index (κ1) is 23.5. The van der Waals surface area contributed by atoms with Crippen LogP contribution in [0.3, 0.4) is 0 Å². The Balaban J connectivity index is 0.00000163. The van der Waals surface area contributed by atoms with Crippen LogP contribution < -0.4 is 0 Å². The van der Waals surface area contributed by atoms with E-state index in [2.05, 4.69) is 27.7 Å². The smallest absolute Gasteiger partial charge is 0.309 e. The fourth-order valence-electron chi connectivity index (χ4n) is 4.66. The molecular weight excluding hydrogens is 320 g/mol. The molecule has 0 spiro atoms. The Hall–Kier alpha value is -0.530. The number of hydrogen-bond acceptors (Lipinski definition) is 2. The van der Waals surface area contributed by atoms with Crippen molar-refractivity contribution in [3.8, 4) is 0 Å². The molecule has 2 atom stereocenters. The van der Waals surface area contributed by atoms with Gasteiger partial charge in [0.25, 0.3) is 0 Å². The highest BCUT2D eigenvalue weighted by Crippen LogP contribution is 2.41. The van der Waals surface area contributed by atoms with Crippen molar-refractivity contribution in [3.05, 3.63) is 0 Å². The molecule has 0 aromatic heterocycles. The molecule has 2 aliphatic carbocycles. The quantitative estimate of drug-likeness (QED) is 0.439. The van der Waals surface area contributed by atoms with Gasteiger partial charge >= 0.3 is 5.97 Å². The highest BCUT2D eigenvalue weighted by atomic mass is 16.5. The van der Waals surface area contributed by atoms with E-state index < -0.39 is 0 Å². The van der Waals surface area contributed by atoms with Crippen LogP contribution in [0.1, 0.15) is 112 Å². The van der Waals surface area contributed by atoms with E-state index in [4.69, 9.17) is 4.74 Å². The van der Waals surface area contributed by atoms with Crippen LogP contribution in [0, 0.1) is 29.6 Å². The summed E-state index contributed by atoms with van der Waals surface area (Å²) in [5, 5.41) is 0. The monoisotopic (exact) mass is 366 g/mol. The van der Waals surface area contributed by atoms with Gasteiger partial charge in [0.15, 0.2) is 0 Å². The summed E-state index contributed by atoms with van der Waals surface area (Å²) in [7, 11) is 0. The Labute approximate surface area is 163 Å². The summed E-state index contributed by atoms with van der Waals surface area (Å²) in [5.74, 6) is 3.75. The fourth-order valence-corrected chi connectivity index (χ4v) is 4.66. The molecular formula is C24H46O2. The van der Waals surface area contributed by atoms with E-state index in [0.29, 0.717) is 0 Å². The zero-order valence-electron chi connectivity index (χ0n) is 18.6. The molecule has 2 aliphatic rings. The molecule has 0 aromatic rings. The van der Waals surface area contributed by atoms with E-state index in [1.165, 1.54) is 44.9 Å². The van der Waals surface area contributed by atoms with Gasteiger partial charge in [-0.05, 0) is 82.0 Å². The van der Waals surface area contributed by atoms with E-state index >= 15 is 0 Å². The first-order valence-electron chi connectivity index (χ1n) is 11.7. The second-order valence-corrected chi connectivity index (χ2v) is 8.97. The van der Waals surface area contributed by atoms with E-state index in [1.54, 1.807) is 0 Å². The summed E-state index contributed by atoms with van der Waals surface area (Å²) < 4.78 is 5.74. The number of hydrogen-bond donors (Lipinski definition) is 0. The minimum Gasteiger partial charge on any atom is -0.462 e. The highest BCUT2D eigenvalue weighted by Gasteiger charge is 2.33. The first-order valence-corrected chi connectivity index (χ1v) is 11.7. The van der Waals surface area contributed by atoms with Crippen molar-refractivity contribution in [2.75, 3.05) is 0 Å². The molecule has 2 fully saturated rings. The van der Waals surface area contributed by atoms with Gasteiger partial charge in [-0.3, -0.25) is 4.79 Å². The predicted molar refractivity (Wildman–Crippen MR) is 112 cm³/mol. The van der Waals surface area contributed by atoms with Crippen LogP contribution in [0.5, 0.6) is 0 Å². The Kier molecular flexibility index (Phi) is 11.6. The molecule has 0 aliphatic heterocycles. The third-order valence-corrected chi connectivity index (χ3v) is 6.91. The van der Waals surface area contributed by atoms with Crippen LogP contribution in [0.15, 0.2) is 0 Å². The van der Waals surface area contributed by atoms with E-state index in [9.17, 15) is 4.79 Å². The molecule has 2 rings (SSSR count). The Morgan fingerprint density at radius 2 is 1.38 bits per heavy atom. The van der Waals surface area contributed by atoms with Crippen molar-refractivity contribution in [1.29, 1.82) is 0 Å². The van der Waals surface area contributed by atoms with Gasteiger partial charge < -0.3 is 4.74 Å². The van der Waals surface area contributed by atoms with E-state index in [1.807, 2.05) is 13.8 Å². The average molecular weight is 367 g/mol. The summed E-state index contributed by atoms with van der Waals surface area (Å²) >= 11 is 0. The van der Waals surface area contributed by atoms with Crippen LogP contribution in [-0.2, 0) is 9.53 Å². The SMILES string of the molecule is CC.CCC(C)CCC(C)OC(=O)C1CCC(C2CCC(C)CC2)CC1. The van der Waals surface area contributed by atoms with Gasteiger partial charge in [0.05, 0.1) is 12.0 Å². The lowest BCUT2D eigenvalue weighted by Crippen LogP contribution is -2.30. The van der Waals surface area contributed by atoms with E-state index in [0.717, 1.165) is 49.4 Å². The zero-order chi connectivity index (χ0) is 19.5. The Morgan fingerprint density at radius 1 is 0.885 bits per heavy atom. The summed E-state index contributed by atoms with van der Waals surface area (Å²) in [6.45, 7) is 13.0. The summed E-state index contributed by atoms with van der Waals surface area (Å²) in [4.78, 5) is 12.4. The van der Waals surface area contributed by atoms with Crippen LogP contribution in [-0.4, -0.2) is 12.1 Å². The summed E-state index contributed by atoms with van der Waals surface area (Å²) in [5.41, 5.74) is 0. The molecule has 0 amide bonds. The van der Waals surface area contributed by atoms with Gasteiger partial charge in [-0.2, -0.15) is 0 Å². The molecule has 0 N–H and O–H groups in total. The molecule has 0 heterocycles. The van der Waals surface area contributed by atoms with E-state index in [-0.39, 0.29) is 18.0 Å². The second kappa shape index (κ2) is 12.8. The second-order valence-electron chi connectivity index (χ2n) is 8.97. The van der Waals surface area contributed by atoms with Crippen LogP contribution in [0.25, 0.3) is 0 Å². The highest BCUT2D eigenvalue weighted by molar-refractivity contribution is 5.72. The van der Waals surface area contributed by atoms with Crippen molar-refractivity contribution in [3.63, 3.8) is 0 Å². The normalized spacial score (nSPS) is 31.3. The average Bonchev–Trinajstić information content (AvgIpc) is 2.68. The molecule has 26 heavy (non-hydrogen) atoms. The molecule has 0 radical (unpaired) electrons. The van der Waals surface area contributed by atoms with Gasteiger partial charge in [-0.1, -0.05) is 53.9 Å². The molecule has 2 heteroatoms. The van der Waals surface area contributed by atoms with Crippen LogP contribution in [0.2, 0.25) is 0 Å². The number of carbonyl (C=O) groups is 1. The largest absolute Gasteiger partial charge is 0.462 e. The topological polar surface area (TPSA) is 26.3 Å². The summed E-state index contributed by atoms with van der Waals surface area (Å²) in [6.07, 6.45) is 13.8. The molecule has 0 aromatic carbocycles. The van der Waals surface area contributed by atoms with Crippen molar-refractivity contribution >= 4 is 5.97 Å². The molecule has 2 nitrogen and oxygen atoms in total. The van der Waals surface area contributed by atoms with Crippen molar-refractivity contribution in [2.24, 2.45) is 29.6 Å². The molecule has 2 unspecified atom stereocenters. The molecule has 2 saturated carbocycles. The maximum absolute atomic E-state index is 12.4. The Bertz CT molecular complexity index is 362. The lowest BCUT2D eigenvalue weighted by Gasteiger charge is -2.36. The lowest BCUT2D eigenvalue weighted by atomic mass is 9.69. The molecule has 0 saturated heterocycles. The van der Waals surface area contributed by atoms with Crippen molar-refractivity contribution in [1.82, 2.24) is 0 Å². The minimum absolute atomic E-state index is 0.0855. The van der Waals surface area contributed by atoms with Gasteiger partial charge in [0.1, 0.15) is 0 Å². The maximum atomic E-state index is 12.4. The van der Waals surface area contributed by atoms with Gasteiger partial charge in [0.2, 0.25) is 0 Å². The lowest BCUT2D eigenvalue weighted by molar-refractivity contribution is -0.155.